The molecule has 3 aliphatic rings. The second-order valence-corrected chi connectivity index (χ2v) is 9.69. The molecule has 34 heavy (non-hydrogen) atoms. The molecule has 0 aromatic heterocycles. The Morgan fingerprint density at radius 1 is 1.09 bits per heavy atom. The Kier molecular flexibility index (Phi) is 6.59. The second kappa shape index (κ2) is 9.79. The molecule has 180 valence electrons. The third-order valence-electron chi connectivity index (χ3n) is 7.16. The number of ether oxygens (including phenoxy) is 2. The molecule has 6 heteroatoms. The van der Waals surface area contributed by atoms with Crippen LogP contribution in [0.15, 0.2) is 42.5 Å². The Morgan fingerprint density at radius 2 is 1.88 bits per heavy atom. The number of nitrogens with zero attached hydrogens (tertiary/aromatic N) is 2. The van der Waals surface area contributed by atoms with Crippen molar-refractivity contribution in [2.24, 2.45) is 5.92 Å². The second-order valence-electron chi connectivity index (χ2n) is 9.69. The molecule has 2 atom stereocenters. The first-order chi connectivity index (χ1) is 16.5. The lowest BCUT2D eigenvalue weighted by atomic mass is 9.87. The van der Waals surface area contributed by atoms with E-state index in [1.807, 2.05) is 17.9 Å². The van der Waals surface area contributed by atoms with Gasteiger partial charge >= 0.3 is 0 Å². The van der Waals surface area contributed by atoms with Gasteiger partial charge in [0.1, 0.15) is 5.75 Å². The van der Waals surface area contributed by atoms with E-state index in [2.05, 4.69) is 48.2 Å². The molecule has 1 saturated heterocycles. The quantitative estimate of drug-likeness (QED) is 0.654. The Hall–Kier alpha value is -2.86. The van der Waals surface area contributed by atoms with Crippen molar-refractivity contribution in [2.75, 3.05) is 32.8 Å². The fraction of sp³-hybridized carbons (Fsp3) is 0.500. The van der Waals surface area contributed by atoms with Gasteiger partial charge in [-0.25, -0.2) is 0 Å². The minimum atomic E-state index is -0.527. The molecular formula is C28H34N2O4. The normalized spacial score (nSPS) is 21.1. The number of hydrogen-bond acceptors (Lipinski definition) is 4. The number of carbonyl (C=O) groups is 2. The van der Waals surface area contributed by atoms with Crippen LogP contribution >= 0.6 is 0 Å². The molecule has 0 unspecified atom stereocenters. The lowest BCUT2D eigenvalue weighted by Gasteiger charge is -2.38. The van der Waals surface area contributed by atoms with Gasteiger partial charge in [0.05, 0.1) is 19.3 Å². The SMILES string of the molecule is CC[C@H](Oc1ccc2c(c1)[C@@H](c1cccc(C)c1)N(C(=O)C1CC1)CC2)C(=O)N1CCOCC1. The first-order valence-electron chi connectivity index (χ1n) is 12.6. The number of hydrogen-bond donors (Lipinski definition) is 0. The molecule has 0 radical (unpaired) electrons. The van der Waals surface area contributed by atoms with Gasteiger partial charge in [-0.05, 0) is 61.4 Å². The highest BCUT2D eigenvalue weighted by Crippen LogP contribution is 2.41. The minimum absolute atomic E-state index is 0.0179. The zero-order valence-electron chi connectivity index (χ0n) is 20.2. The molecule has 2 amide bonds. The average Bonchev–Trinajstić information content (AvgIpc) is 3.72. The Morgan fingerprint density at radius 3 is 2.59 bits per heavy atom. The molecule has 0 bridgehead atoms. The third kappa shape index (κ3) is 4.69. The van der Waals surface area contributed by atoms with Crippen molar-refractivity contribution in [3.05, 3.63) is 64.7 Å². The smallest absolute Gasteiger partial charge is 0.263 e. The van der Waals surface area contributed by atoms with Crippen LogP contribution < -0.4 is 4.74 Å². The van der Waals surface area contributed by atoms with Crippen LogP contribution in [0.25, 0.3) is 0 Å². The number of fused-ring (bicyclic) bond motifs is 1. The predicted molar refractivity (Wildman–Crippen MR) is 130 cm³/mol. The Labute approximate surface area is 201 Å². The van der Waals surface area contributed by atoms with E-state index in [0.29, 0.717) is 38.5 Å². The highest BCUT2D eigenvalue weighted by molar-refractivity contribution is 5.83. The number of aryl methyl sites for hydroxylation is 1. The lowest BCUT2D eigenvalue weighted by molar-refractivity contribution is -0.143. The lowest BCUT2D eigenvalue weighted by Crippen LogP contribution is -2.47. The maximum Gasteiger partial charge on any atom is 0.263 e. The molecular weight excluding hydrogens is 428 g/mol. The van der Waals surface area contributed by atoms with Crippen LogP contribution in [-0.2, 0) is 20.7 Å². The van der Waals surface area contributed by atoms with E-state index < -0.39 is 6.10 Å². The standard InChI is InChI=1S/C28H34N2O4/c1-3-25(28(32)29-13-15-33-16-14-29)34-23-10-9-20-11-12-30(27(31)21-7-8-21)26(24(20)18-23)22-6-4-5-19(2)17-22/h4-6,9-10,17-18,21,25-26H,3,7-8,11-16H2,1-2H3/t25-,26+/m0/s1. The van der Waals surface area contributed by atoms with Gasteiger partial charge in [0.2, 0.25) is 5.91 Å². The number of benzene rings is 2. The van der Waals surface area contributed by atoms with Crippen molar-refractivity contribution >= 4 is 11.8 Å². The van der Waals surface area contributed by atoms with Gasteiger partial charge in [-0.15, -0.1) is 0 Å². The monoisotopic (exact) mass is 462 g/mol. The Balaban J connectivity index is 1.45. The molecule has 2 heterocycles. The Bertz CT molecular complexity index is 1060. The molecule has 1 aliphatic carbocycles. The number of amides is 2. The van der Waals surface area contributed by atoms with Crippen molar-refractivity contribution in [3.63, 3.8) is 0 Å². The van der Waals surface area contributed by atoms with E-state index >= 15 is 0 Å². The van der Waals surface area contributed by atoms with Gasteiger partial charge in [0.25, 0.3) is 5.91 Å². The highest BCUT2D eigenvalue weighted by Gasteiger charge is 2.39. The predicted octanol–water partition coefficient (Wildman–Crippen LogP) is 3.90. The molecule has 0 spiro atoms. The topological polar surface area (TPSA) is 59.1 Å². The fourth-order valence-electron chi connectivity index (χ4n) is 5.13. The first-order valence-corrected chi connectivity index (χ1v) is 12.6. The first kappa shape index (κ1) is 22.9. The van der Waals surface area contributed by atoms with Gasteiger partial charge in [0.15, 0.2) is 6.10 Å². The van der Waals surface area contributed by atoms with Crippen LogP contribution in [0.1, 0.15) is 54.5 Å². The van der Waals surface area contributed by atoms with Crippen molar-refractivity contribution in [3.8, 4) is 5.75 Å². The summed E-state index contributed by atoms with van der Waals surface area (Å²) in [4.78, 5) is 30.2. The van der Waals surface area contributed by atoms with Crippen LogP contribution in [0.5, 0.6) is 5.75 Å². The summed E-state index contributed by atoms with van der Waals surface area (Å²) in [7, 11) is 0. The highest BCUT2D eigenvalue weighted by atomic mass is 16.5. The van der Waals surface area contributed by atoms with E-state index in [0.717, 1.165) is 36.9 Å². The number of rotatable bonds is 6. The van der Waals surface area contributed by atoms with Gasteiger partial charge in [-0.1, -0.05) is 42.8 Å². The summed E-state index contributed by atoms with van der Waals surface area (Å²) in [5.41, 5.74) is 4.66. The van der Waals surface area contributed by atoms with Gasteiger partial charge < -0.3 is 19.3 Å². The van der Waals surface area contributed by atoms with Crippen molar-refractivity contribution in [1.82, 2.24) is 9.80 Å². The van der Waals surface area contributed by atoms with Crippen LogP contribution in [0.2, 0.25) is 0 Å². The summed E-state index contributed by atoms with van der Waals surface area (Å²) >= 11 is 0. The van der Waals surface area contributed by atoms with Crippen LogP contribution in [0.3, 0.4) is 0 Å². The van der Waals surface area contributed by atoms with Crippen LogP contribution in [0, 0.1) is 12.8 Å². The van der Waals surface area contributed by atoms with Crippen molar-refractivity contribution in [2.45, 2.75) is 51.7 Å². The van der Waals surface area contributed by atoms with E-state index in [-0.39, 0.29) is 23.8 Å². The fourth-order valence-corrected chi connectivity index (χ4v) is 5.13. The van der Waals surface area contributed by atoms with Crippen molar-refractivity contribution in [1.29, 1.82) is 0 Å². The maximum absolute atomic E-state index is 13.2. The van der Waals surface area contributed by atoms with Gasteiger partial charge in [-0.3, -0.25) is 9.59 Å². The summed E-state index contributed by atoms with van der Waals surface area (Å²) in [5.74, 6) is 1.14. The molecule has 2 aromatic rings. The molecule has 2 aliphatic heterocycles. The van der Waals surface area contributed by atoms with Crippen LogP contribution in [-0.4, -0.2) is 60.6 Å². The summed E-state index contributed by atoms with van der Waals surface area (Å²) < 4.78 is 11.7. The zero-order chi connectivity index (χ0) is 23.7. The van der Waals surface area contributed by atoms with E-state index in [1.54, 1.807) is 0 Å². The van der Waals surface area contributed by atoms with E-state index in [1.165, 1.54) is 11.1 Å². The summed E-state index contributed by atoms with van der Waals surface area (Å²) in [6.07, 6.45) is 2.89. The maximum atomic E-state index is 13.2. The minimum Gasteiger partial charge on any atom is -0.481 e. The molecule has 0 N–H and O–H groups in total. The summed E-state index contributed by atoms with van der Waals surface area (Å²) in [6.45, 7) is 7.16. The number of morpholine rings is 1. The van der Waals surface area contributed by atoms with Gasteiger partial charge in [-0.2, -0.15) is 0 Å². The average molecular weight is 463 g/mol. The van der Waals surface area contributed by atoms with Gasteiger partial charge in [0, 0.05) is 25.6 Å². The summed E-state index contributed by atoms with van der Waals surface area (Å²) in [5, 5.41) is 0. The summed E-state index contributed by atoms with van der Waals surface area (Å²) in [6, 6.07) is 14.5. The third-order valence-corrected chi connectivity index (χ3v) is 7.16. The molecule has 5 rings (SSSR count). The molecule has 2 aromatic carbocycles. The number of carbonyl (C=O) groups excluding carboxylic acids is 2. The van der Waals surface area contributed by atoms with E-state index in [4.69, 9.17) is 9.47 Å². The largest absolute Gasteiger partial charge is 0.481 e. The van der Waals surface area contributed by atoms with Crippen LogP contribution in [0.4, 0.5) is 0 Å². The molecule has 6 nitrogen and oxygen atoms in total. The zero-order valence-corrected chi connectivity index (χ0v) is 20.2. The molecule has 2 fully saturated rings. The molecule has 1 saturated carbocycles. The van der Waals surface area contributed by atoms with Crippen molar-refractivity contribution < 1.29 is 19.1 Å². The van der Waals surface area contributed by atoms with E-state index in [9.17, 15) is 9.59 Å².